The van der Waals surface area contributed by atoms with Gasteiger partial charge < -0.3 is 25.0 Å². The van der Waals surface area contributed by atoms with Crippen molar-refractivity contribution in [2.75, 3.05) is 34.8 Å². The van der Waals surface area contributed by atoms with E-state index >= 15 is 0 Å². The molecule has 0 saturated carbocycles. The molecule has 0 bridgehead atoms. The Morgan fingerprint density at radius 2 is 1.59 bits per heavy atom. The van der Waals surface area contributed by atoms with Crippen molar-refractivity contribution in [1.82, 2.24) is 15.1 Å². The number of nitrogens with one attached hydrogen (secondary N) is 1. The number of nitrogens with zero attached hydrogens (tertiary/aromatic N) is 2. The average Bonchev–Trinajstić information content (AvgIpc) is 2.62. The van der Waals surface area contributed by atoms with Crippen LogP contribution in [0, 0.1) is 17.8 Å². The highest BCUT2D eigenvalue weighted by atomic mass is 16.5. The van der Waals surface area contributed by atoms with Crippen LogP contribution in [0.4, 0.5) is 0 Å². The summed E-state index contributed by atoms with van der Waals surface area (Å²) in [6, 6.07) is -0.320. The molecule has 2 N–H and O–H groups in total. The summed E-state index contributed by atoms with van der Waals surface area (Å²) in [6.45, 7) is 13.2. The second kappa shape index (κ2) is 13.2. The van der Waals surface area contributed by atoms with Crippen molar-refractivity contribution in [2.24, 2.45) is 17.8 Å². The second-order valence-electron chi connectivity index (χ2n) is 9.10. The van der Waals surface area contributed by atoms with Gasteiger partial charge in [-0.25, -0.2) is 0 Å². The molecular weight excluding hydrogens is 370 g/mol. The van der Waals surface area contributed by atoms with E-state index in [2.05, 4.69) is 38.2 Å². The first-order chi connectivity index (χ1) is 13.4. The van der Waals surface area contributed by atoms with Crippen LogP contribution in [0.15, 0.2) is 0 Å². The highest BCUT2D eigenvalue weighted by Crippen LogP contribution is 2.23. The van der Waals surface area contributed by atoms with Gasteiger partial charge in [-0.1, -0.05) is 48.0 Å². The van der Waals surface area contributed by atoms with Crippen LogP contribution in [0.2, 0.25) is 0 Å². The molecule has 0 radical (unpaired) electrons. The van der Waals surface area contributed by atoms with Crippen LogP contribution in [-0.4, -0.2) is 85.8 Å². The molecule has 0 heterocycles. The van der Waals surface area contributed by atoms with Crippen molar-refractivity contribution in [3.05, 3.63) is 0 Å². The molecule has 29 heavy (non-hydrogen) atoms. The van der Waals surface area contributed by atoms with Crippen molar-refractivity contribution in [2.45, 2.75) is 78.6 Å². The van der Waals surface area contributed by atoms with E-state index in [0.29, 0.717) is 18.5 Å². The number of hydrogen-bond donors (Lipinski definition) is 2. The molecule has 0 saturated heterocycles. The minimum absolute atomic E-state index is 0.0148. The molecule has 172 valence electrons. The number of likely N-dealkylation sites (N-methyl/N-ethyl adjacent to an activating group) is 2. The SMILES string of the molecule is CC[C@H](C)[C@@H]([C@@H](CC(=O)O)OC)N(C)C(=O)[C@@H](NC[C@H](C(C)C)N(C)C)C(C)C. The maximum absolute atomic E-state index is 13.5. The fourth-order valence-electron chi connectivity index (χ4n) is 3.99. The minimum Gasteiger partial charge on any atom is -0.481 e. The first-order valence-electron chi connectivity index (χ1n) is 10.8. The highest BCUT2D eigenvalue weighted by molar-refractivity contribution is 5.82. The van der Waals surface area contributed by atoms with Gasteiger partial charge in [0.05, 0.1) is 24.6 Å². The van der Waals surface area contributed by atoms with Crippen molar-refractivity contribution in [3.8, 4) is 0 Å². The van der Waals surface area contributed by atoms with Gasteiger partial charge in [0.25, 0.3) is 0 Å². The predicted octanol–water partition coefficient (Wildman–Crippen LogP) is 2.55. The standard InChI is InChI=1S/C22H45N3O4/c1-11-16(6)21(18(29-10)12-19(26)27)25(9)22(28)20(15(4)5)23-13-17(14(2)3)24(7)8/h14-18,20-21,23H,11-13H2,1-10H3,(H,26,27)/t16-,17+,18+,20-,21-/m0/s1. The van der Waals surface area contributed by atoms with Crippen molar-refractivity contribution in [3.63, 3.8) is 0 Å². The normalized spacial score (nSPS) is 17.3. The van der Waals surface area contributed by atoms with Gasteiger partial charge in [0, 0.05) is 26.7 Å². The summed E-state index contributed by atoms with van der Waals surface area (Å²) in [5.41, 5.74) is 0. The molecule has 7 heteroatoms. The lowest BCUT2D eigenvalue weighted by Crippen LogP contribution is -2.57. The van der Waals surface area contributed by atoms with Crippen LogP contribution in [-0.2, 0) is 14.3 Å². The smallest absolute Gasteiger partial charge is 0.306 e. The number of carbonyl (C=O) groups excluding carboxylic acids is 1. The van der Waals surface area contributed by atoms with Gasteiger partial charge in [-0.05, 0) is 31.8 Å². The predicted molar refractivity (Wildman–Crippen MR) is 118 cm³/mol. The first-order valence-corrected chi connectivity index (χ1v) is 10.8. The Morgan fingerprint density at radius 1 is 1.03 bits per heavy atom. The number of carbonyl (C=O) groups is 2. The topological polar surface area (TPSA) is 82.1 Å². The molecule has 1 amide bonds. The van der Waals surface area contributed by atoms with E-state index in [9.17, 15) is 14.7 Å². The van der Waals surface area contributed by atoms with E-state index in [1.54, 1.807) is 11.9 Å². The molecule has 0 spiro atoms. The molecule has 7 nitrogen and oxygen atoms in total. The number of carboxylic acids is 1. The average molecular weight is 416 g/mol. The van der Waals surface area contributed by atoms with Gasteiger partial charge in [0.1, 0.15) is 0 Å². The second-order valence-corrected chi connectivity index (χ2v) is 9.10. The van der Waals surface area contributed by atoms with E-state index in [1.807, 2.05) is 27.7 Å². The van der Waals surface area contributed by atoms with Crippen LogP contribution in [0.5, 0.6) is 0 Å². The third kappa shape index (κ3) is 8.60. The molecule has 0 aromatic heterocycles. The summed E-state index contributed by atoms with van der Waals surface area (Å²) in [7, 11) is 7.40. The zero-order valence-corrected chi connectivity index (χ0v) is 20.2. The van der Waals surface area contributed by atoms with Gasteiger partial charge in [0.2, 0.25) is 5.91 Å². The lowest BCUT2D eigenvalue weighted by atomic mass is 9.90. The molecule has 5 atom stereocenters. The molecule has 0 rings (SSSR count). The maximum Gasteiger partial charge on any atom is 0.306 e. The number of hydrogen-bond acceptors (Lipinski definition) is 5. The summed E-state index contributed by atoms with van der Waals surface area (Å²) in [6.07, 6.45) is 0.158. The van der Waals surface area contributed by atoms with Crippen LogP contribution in [0.1, 0.15) is 54.4 Å². The van der Waals surface area contributed by atoms with Crippen LogP contribution in [0.25, 0.3) is 0 Å². The van der Waals surface area contributed by atoms with Crippen LogP contribution in [0.3, 0.4) is 0 Å². The number of ether oxygens (including phenoxy) is 1. The van der Waals surface area contributed by atoms with E-state index in [4.69, 9.17) is 4.74 Å². The Kier molecular flexibility index (Phi) is 12.7. The fourth-order valence-corrected chi connectivity index (χ4v) is 3.99. The first kappa shape index (κ1) is 27.8. The lowest BCUT2D eigenvalue weighted by Gasteiger charge is -2.40. The molecule has 0 unspecified atom stereocenters. The zero-order valence-electron chi connectivity index (χ0n) is 20.2. The highest BCUT2D eigenvalue weighted by Gasteiger charge is 2.37. The summed E-state index contributed by atoms with van der Waals surface area (Å²) >= 11 is 0. The quantitative estimate of drug-likeness (QED) is 0.454. The number of methoxy groups -OCH3 is 1. The summed E-state index contributed by atoms with van der Waals surface area (Å²) in [5.74, 6) is -0.252. The largest absolute Gasteiger partial charge is 0.481 e. The van der Waals surface area contributed by atoms with E-state index < -0.39 is 12.1 Å². The van der Waals surface area contributed by atoms with Gasteiger partial charge in [-0.2, -0.15) is 0 Å². The number of rotatable bonds is 14. The summed E-state index contributed by atoms with van der Waals surface area (Å²) in [5, 5.41) is 12.8. The minimum atomic E-state index is -0.921. The molecular formula is C22H45N3O4. The van der Waals surface area contributed by atoms with Gasteiger partial charge in [-0.15, -0.1) is 0 Å². The maximum atomic E-state index is 13.5. The Morgan fingerprint density at radius 3 is 1.93 bits per heavy atom. The monoisotopic (exact) mass is 415 g/mol. The molecule has 0 aromatic rings. The third-order valence-electron chi connectivity index (χ3n) is 5.99. The van der Waals surface area contributed by atoms with Crippen LogP contribution < -0.4 is 5.32 Å². The number of aliphatic carboxylic acids is 1. The van der Waals surface area contributed by atoms with Gasteiger partial charge in [-0.3, -0.25) is 9.59 Å². The lowest BCUT2D eigenvalue weighted by molar-refractivity contribution is -0.147. The summed E-state index contributed by atoms with van der Waals surface area (Å²) < 4.78 is 5.52. The fraction of sp³-hybridized carbons (Fsp3) is 0.909. The molecule has 0 fully saturated rings. The van der Waals surface area contributed by atoms with Gasteiger partial charge >= 0.3 is 5.97 Å². The number of carboxylic acid groups (broad SMARTS) is 1. The van der Waals surface area contributed by atoms with Crippen molar-refractivity contribution in [1.29, 1.82) is 0 Å². The number of amides is 1. The van der Waals surface area contributed by atoms with E-state index in [-0.39, 0.29) is 36.2 Å². The Hall–Kier alpha value is -1.18. The molecule has 0 aliphatic rings. The van der Waals surface area contributed by atoms with E-state index in [1.165, 1.54) is 7.11 Å². The Bertz CT molecular complexity index is 488. The Balaban J connectivity index is 5.58. The van der Waals surface area contributed by atoms with Crippen LogP contribution >= 0.6 is 0 Å². The van der Waals surface area contributed by atoms with Gasteiger partial charge in [0.15, 0.2) is 0 Å². The zero-order chi connectivity index (χ0) is 22.9. The van der Waals surface area contributed by atoms with E-state index in [0.717, 1.165) is 6.42 Å². The van der Waals surface area contributed by atoms with Crippen molar-refractivity contribution >= 4 is 11.9 Å². The van der Waals surface area contributed by atoms with Crippen molar-refractivity contribution < 1.29 is 19.4 Å². The molecule has 0 aliphatic heterocycles. The third-order valence-corrected chi connectivity index (χ3v) is 5.99. The Labute approximate surface area is 178 Å². The molecule has 0 aliphatic carbocycles. The summed E-state index contributed by atoms with van der Waals surface area (Å²) in [4.78, 5) is 28.7. The molecule has 0 aromatic carbocycles.